The zero-order chi connectivity index (χ0) is 25.7. The van der Waals surface area contributed by atoms with Crippen LogP contribution in [-0.4, -0.2) is 43.2 Å². The van der Waals surface area contributed by atoms with Crippen molar-refractivity contribution in [1.82, 2.24) is 0 Å². The smallest absolute Gasteiger partial charge is 0.300 e. The number of hydrogen-bond donors (Lipinski definition) is 1. The van der Waals surface area contributed by atoms with E-state index in [0.29, 0.717) is 53.7 Å². The molecule has 0 radical (unpaired) electrons. The lowest BCUT2D eigenvalue weighted by Gasteiger charge is -2.27. The lowest BCUT2D eigenvalue weighted by Crippen LogP contribution is -2.29. The van der Waals surface area contributed by atoms with Crippen molar-refractivity contribution in [2.45, 2.75) is 25.5 Å². The Balaban J connectivity index is 1.50. The molecule has 3 heterocycles. The first-order valence-electron chi connectivity index (χ1n) is 12.1. The van der Waals surface area contributed by atoms with Gasteiger partial charge in [0.2, 0.25) is 0 Å². The average Bonchev–Trinajstić information content (AvgIpc) is 3.43. The van der Waals surface area contributed by atoms with Gasteiger partial charge in [-0.3, -0.25) is 14.5 Å². The summed E-state index contributed by atoms with van der Waals surface area (Å²) in [7, 11) is 1.56. The minimum absolute atomic E-state index is 0.0111. The fourth-order valence-electron chi connectivity index (χ4n) is 5.11. The highest BCUT2D eigenvalue weighted by atomic mass is 16.6. The highest BCUT2D eigenvalue weighted by Crippen LogP contribution is 2.45. The van der Waals surface area contributed by atoms with Crippen molar-refractivity contribution >= 4 is 23.1 Å². The summed E-state index contributed by atoms with van der Waals surface area (Å²) in [6.07, 6.45) is 0.733. The molecule has 1 fully saturated rings. The number of aliphatic hydroxyl groups is 1. The molecule has 0 saturated carbocycles. The number of carbonyl (C=O) groups is 2. The van der Waals surface area contributed by atoms with Gasteiger partial charge < -0.3 is 24.1 Å². The van der Waals surface area contributed by atoms with Gasteiger partial charge in [-0.2, -0.15) is 0 Å². The van der Waals surface area contributed by atoms with Crippen LogP contribution >= 0.6 is 0 Å². The molecule has 1 saturated heterocycles. The number of hydrogen-bond acceptors (Lipinski definition) is 7. The van der Waals surface area contributed by atoms with Crippen molar-refractivity contribution < 1.29 is 33.6 Å². The largest absolute Gasteiger partial charge is 0.507 e. The number of fused-ring (bicyclic) bond motifs is 2. The molecule has 3 aromatic carbocycles. The summed E-state index contributed by atoms with van der Waals surface area (Å²) in [4.78, 5) is 28.3. The number of ketones is 1. The highest BCUT2D eigenvalue weighted by molar-refractivity contribution is 6.51. The van der Waals surface area contributed by atoms with Crippen molar-refractivity contribution in [2.75, 3.05) is 25.2 Å². The van der Waals surface area contributed by atoms with E-state index in [4.69, 9.17) is 18.9 Å². The van der Waals surface area contributed by atoms with E-state index in [1.54, 1.807) is 61.7 Å². The van der Waals surface area contributed by atoms with Crippen LogP contribution in [0.3, 0.4) is 0 Å². The fourth-order valence-corrected chi connectivity index (χ4v) is 5.11. The number of rotatable bonds is 4. The Morgan fingerprint density at radius 1 is 0.946 bits per heavy atom. The number of amides is 1. The first kappa shape index (κ1) is 23.0. The Morgan fingerprint density at radius 3 is 2.43 bits per heavy atom. The van der Waals surface area contributed by atoms with Crippen molar-refractivity contribution in [2.24, 2.45) is 0 Å². The second kappa shape index (κ2) is 8.89. The summed E-state index contributed by atoms with van der Waals surface area (Å²) in [5, 5.41) is 11.5. The Labute approximate surface area is 213 Å². The van der Waals surface area contributed by atoms with E-state index in [1.165, 1.54) is 4.90 Å². The third-order valence-electron chi connectivity index (χ3n) is 6.85. The fraction of sp³-hybridized carbons (Fsp3) is 0.241. The summed E-state index contributed by atoms with van der Waals surface area (Å²) in [6, 6.07) is 16.6. The normalized spacial score (nSPS) is 21.5. The molecule has 0 bridgehead atoms. The number of aliphatic hydroxyl groups excluding tert-OH is 1. The van der Waals surface area contributed by atoms with E-state index in [0.717, 1.165) is 11.3 Å². The van der Waals surface area contributed by atoms with E-state index in [9.17, 15) is 14.7 Å². The lowest BCUT2D eigenvalue weighted by molar-refractivity contribution is -0.132. The molecule has 0 aliphatic carbocycles. The van der Waals surface area contributed by atoms with Crippen LogP contribution in [-0.2, 0) is 16.0 Å². The van der Waals surface area contributed by atoms with Crippen molar-refractivity contribution in [3.05, 3.63) is 82.9 Å². The third-order valence-corrected chi connectivity index (χ3v) is 6.85. The Morgan fingerprint density at radius 2 is 1.68 bits per heavy atom. The van der Waals surface area contributed by atoms with E-state index in [2.05, 4.69) is 0 Å². The summed E-state index contributed by atoms with van der Waals surface area (Å²) < 4.78 is 22.4. The third kappa shape index (κ3) is 3.85. The van der Waals surface area contributed by atoms with Gasteiger partial charge in [0.15, 0.2) is 11.5 Å². The Kier molecular flexibility index (Phi) is 5.52. The van der Waals surface area contributed by atoms with Gasteiger partial charge in [0.05, 0.1) is 18.7 Å². The van der Waals surface area contributed by atoms with Crippen molar-refractivity contribution in [3.63, 3.8) is 0 Å². The summed E-state index contributed by atoms with van der Waals surface area (Å²) >= 11 is 0. The van der Waals surface area contributed by atoms with Crippen LogP contribution in [0.2, 0.25) is 0 Å². The predicted molar refractivity (Wildman–Crippen MR) is 135 cm³/mol. The molecule has 1 N–H and O–H groups in total. The van der Waals surface area contributed by atoms with Gasteiger partial charge in [-0.05, 0) is 60.5 Å². The van der Waals surface area contributed by atoms with E-state index in [-0.39, 0.29) is 17.4 Å². The number of Topliss-reactive ketones (excluding diaryl/α,β-unsaturated/α-hetero) is 1. The number of ether oxygens (including phenoxy) is 4. The van der Waals surface area contributed by atoms with Crippen LogP contribution in [0, 0.1) is 0 Å². The molecule has 8 nitrogen and oxygen atoms in total. The zero-order valence-corrected chi connectivity index (χ0v) is 20.4. The molecule has 3 aromatic rings. The van der Waals surface area contributed by atoms with E-state index >= 15 is 0 Å². The molecular formula is C29H25NO7. The van der Waals surface area contributed by atoms with Crippen LogP contribution < -0.4 is 23.8 Å². The molecular weight excluding hydrogens is 474 g/mol. The second-order valence-corrected chi connectivity index (χ2v) is 9.23. The molecule has 37 heavy (non-hydrogen) atoms. The van der Waals surface area contributed by atoms with E-state index < -0.39 is 17.7 Å². The quantitative estimate of drug-likeness (QED) is 0.323. The molecule has 3 aliphatic heterocycles. The van der Waals surface area contributed by atoms with Crippen LogP contribution in [0.1, 0.15) is 29.7 Å². The average molecular weight is 500 g/mol. The van der Waals surface area contributed by atoms with Gasteiger partial charge in [0, 0.05) is 23.7 Å². The number of anilines is 1. The minimum atomic E-state index is -0.864. The molecule has 188 valence electrons. The van der Waals surface area contributed by atoms with Crippen molar-refractivity contribution in [1.29, 1.82) is 0 Å². The van der Waals surface area contributed by atoms with Crippen LogP contribution in [0.25, 0.3) is 5.76 Å². The zero-order valence-electron chi connectivity index (χ0n) is 20.4. The van der Waals surface area contributed by atoms with Gasteiger partial charge in [-0.25, -0.2) is 0 Å². The van der Waals surface area contributed by atoms with Crippen LogP contribution in [0.4, 0.5) is 5.69 Å². The Bertz CT molecular complexity index is 1440. The van der Waals surface area contributed by atoms with Gasteiger partial charge in [-0.1, -0.05) is 12.1 Å². The molecule has 1 amide bonds. The highest BCUT2D eigenvalue weighted by Gasteiger charge is 2.47. The molecule has 0 aromatic heterocycles. The van der Waals surface area contributed by atoms with Gasteiger partial charge in [0.25, 0.3) is 11.7 Å². The van der Waals surface area contributed by atoms with Gasteiger partial charge in [-0.15, -0.1) is 0 Å². The summed E-state index contributed by atoms with van der Waals surface area (Å²) in [5.41, 5.74) is 2.52. The minimum Gasteiger partial charge on any atom is -0.507 e. The molecule has 3 aliphatic rings. The lowest BCUT2D eigenvalue weighted by atomic mass is 9.94. The van der Waals surface area contributed by atoms with Crippen LogP contribution in [0.15, 0.2) is 66.2 Å². The second-order valence-electron chi connectivity index (χ2n) is 9.23. The predicted octanol–water partition coefficient (Wildman–Crippen LogP) is 4.42. The molecule has 2 atom stereocenters. The monoisotopic (exact) mass is 499 g/mol. The van der Waals surface area contributed by atoms with Gasteiger partial charge in [0.1, 0.15) is 36.6 Å². The maximum atomic E-state index is 13.5. The SMILES string of the molecule is COc1ccc(C2/C(=C(\O)c3ccc4c(c3)CC(C)O4)C(=O)C(=O)N2c2ccc3c(c2)OCCO3)cc1. The number of benzene rings is 3. The summed E-state index contributed by atoms with van der Waals surface area (Å²) in [6.45, 7) is 2.80. The van der Waals surface area contributed by atoms with E-state index in [1.807, 2.05) is 13.0 Å². The first-order valence-corrected chi connectivity index (χ1v) is 12.1. The maximum absolute atomic E-state index is 13.5. The topological polar surface area (TPSA) is 94.5 Å². The molecule has 8 heteroatoms. The standard InChI is InChI=1S/C29H25NO7/c1-16-13-19-14-18(5-9-22(19)37-16)27(31)25-26(17-3-7-21(34-2)8-4-17)30(29(33)28(25)32)20-6-10-23-24(15-20)36-12-11-35-23/h3-10,14-16,26,31H,11-13H2,1-2H3/b27-25+. The molecule has 0 spiro atoms. The molecule has 2 unspecified atom stereocenters. The first-order chi connectivity index (χ1) is 17.9. The van der Waals surface area contributed by atoms with Crippen LogP contribution in [0.5, 0.6) is 23.0 Å². The number of carbonyl (C=O) groups excluding carboxylic acids is 2. The van der Waals surface area contributed by atoms with Crippen molar-refractivity contribution in [3.8, 4) is 23.0 Å². The summed E-state index contributed by atoms with van der Waals surface area (Å²) in [5.74, 6) is 0.714. The number of methoxy groups -OCH3 is 1. The Hall–Kier alpha value is -4.46. The molecule has 6 rings (SSSR count). The van der Waals surface area contributed by atoms with Gasteiger partial charge >= 0.3 is 0 Å². The maximum Gasteiger partial charge on any atom is 0.300 e. The number of nitrogens with zero attached hydrogens (tertiary/aromatic N) is 1.